The van der Waals surface area contributed by atoms with Gasteiger partial charge in [-0.2, -0.15) is 0 Å². The van der Waals surface area contributed by atoms with Crippen molar-refractivity contribution in [3.63, 3.8) is 0 Å². The van der Waals surface area contributed by atoms with E-state index in [1.807, 2.05) is 6.08 Å². The first kappa shape index (κ1) is 33.6. The molecule has 10 nitrogen and oxygen atoms in total. The van der Waals surface area contributed by atoms with Crippen molar-refractivity contribution >= 4 is 29.4 Å². The molecule has 10 heteroatoms. The van der Waals surface area contributed by atoms with Crippen LogP contribution in [-0.2, 0) is 33.4 Å². The third kappa shape index (κ3) is 10.4. The molecule has 43 heavy (non-hydrogen) atoms. The normalized spacial score (nSPS) is 30.2. The molecule has 5 unspecified atom stereocenters. The molecule has 3 aliphatic rings. The Morgan fingerprint density at radius 1 is 1.09 bits per heavy atom. The lowest BCUT2D eigenvalue weighted by Crippen LogP contribution is -2.43. The zero-order chi connectivity index (χ0) is 31.5. The van der Waals surface area contributed by atoms with Gasteiger partial charge in [0.05, 0.1) is 24.3 Å². The van der Waals surface area contributed by atoms with Crippen molar-refractivity contribution in [2.24, 2.45) is 11.8 Å². The van der Waals surface area contributed by atoms with E-state index in [1.165, 1.54) is 13.2 Å². The standard InChI is InChI=1S/C33H42N2O8/c1-20-11-10-12-24-17-25(36)18-27(31(24)39)35-29(37)19-26(42-4)13-8-6-5-7-9-14-28(21(2)30(20)38)43-33(41)22(3)34-32(40)23-15-16-23/h5-9,11,13,17-18,21-23,26,28,30,38H,10,12,14-16,19H2,1-4H3,(H,34,40)(H,35,37)/b6-5+,9-7+,13-8+,20-11-. The fourth-order valence-corrected chi connectivity index (χ4v) is 4.71. The fraction of sp³-hybridized carbons (Fsp3) is 0.485. The van der Waals surface area contributed by atoms with Crippen LogP contribution in [0.15, 0.2) is 71.5 Å². The molecule has 1 saturated carbocycles. The van der Waals surface area contributed by atoms with Gasteiger partial charge in [-0.3, -0.25) is 19.2 Å². The number of methoxy groups -OCH3 is 1. The summed E-state index contributed by atoms with van der Waals surface area (Å²) in [6, 6.07) is -0.828. The third-order valence-electron chi connectivity index (χ3n) is 7.63. The average Bonchev–Trinajstić information content (AvgIpc) is 3.82. The summed E-state index contributed by atoms with van der Waals surface area (Å²) in [6.45, 7) is 5.11. The summed E-state index contributed by atoms with van der Waals surface area (Å²) in [5.74, 6) is -2.58. The molecule has 3 N–H and O–H groups in total. The summed E-state index contributed by atoms with van der Waals surface area (Å²) in [4.78, 5) is 62.9. The maximum atomic E-state index is 13.0. The number of amides is 2. The molecule has 232 valence electrons. The van der Waals surface area contributed by atoms with Crippen LogP contribution in [0.2, 0.25) is 0 Å². The zero-order valence-electron chi connectivity index (χ0n) is 25.2. The number of fused-ring (bicyclic) bond motifs is 2. The Morgan fingerprint density at radius 2 is 1.81 bits per heavy atom. The number of carbonyl (C=O) groups is 5. The van der Waals surface area contributed by atoms with Crippen molar-refractivity contribution in [1.29, 1.82) is 0 Å². The Balaban J connectivity index is 1.81. The van der Waals surface area contributed by atoms with Gasteiger partial charge in [0.25, 0.3) is 0 Å². The second-order valence-corrected chi connectivity index (χ2v) is 11.2. The molecule has 2 amide bonds. The van der Waals surface area contributed by atoms with Crippen LogP contribution >= 0.6 is 0 Å². The number of ether oxygens (including phenoxy) is 2. The largest absolute Gasteiger partial charge is 0.460 e. The Bertz CT molecular complexity index is 1270. The number of hydrogen-bond donors (Lipinski definition) is 3. The minimum absolute atomic E-state index is 0.0435. The van der Waals surface area contributed by atoms with Crippen molar-refractivity contribution in [2.45, 2.75) is 83.6 Å². The van der Waals surface area contributed by atoms with E-state index in [1.54, 1.807) is 57.2 Å². The van der Waals surface area contributed by atoms with Gasteiger partial charge in [-0.05, 0) is 51.2 Å². The van der Waals surface area contributed by atoms with Gasteiger partial charge in [0.15, 0.2) is 5.78 Å². The molecule has 5 atom stereocenters. The van der Waals surface area contributed by atoms with Gasteiger partial charge >= 0.3 is 5.97 Å². The summed E-state index contributed by atoms with van der Waals surface area (Å²) < 4.78 is 11.2. The van der Waals surface area contributed by atoms with Gasteiger partial charge in [-0.25, -0.2) is 4.79 Å². The van der Waals surface area contributed by atoms with E-state index in [-0.39, 0.29) is 35.9 Å². The lowest BCUT2D eigenvalue weighted by Gasteiger charge is -2.29. The van der Waals surface area contributed by atoms with Crippen LogP contribution in [0.5, 0.6) is 0 Å². The Kier molecular flexibility index (Phi) is 12.6. The van der Waals surface area contributed by atoms with Gasteiger partial charge in [0, 0.05) is 37.0 Å². The van der Waals surface area contributed by atoms with Gasteiger partial charge < -0.3 is 25.2 Å². The smallest absolute Gasteiger partial charge is 0.328 e. The van der Waals surface area contributed by atoms with Crippen molar-refractivity contribution in [1.82, 2.24) is 10.6 Å². The minimum atomic E-state index is -0.964. The lowest BCUT2D eigenvalue weighted by atomic mass is 9.90. The average molecular weight is 595 g/mol. The van der Waals surface area contributed by atoms with Crippen molar-refractivity contribution in [3.8, 4) is 0 Å². The maximum absolute atomic E-state index is 13.0. The van der Waals surface area contributed by atoms with Crippen LogP contribution < -0.4 is 10.6 Å². The number of hydrogen-bond acceptors (Lipinski definition) is 8. The van der Waals surface area contributed by atoms with E-state index in [9.17, 15) is 29.1 Å². The SMILES string of the molecule is COC1/C=C/C=C/C=C/CC(OC(=O)C(C)NC(=O)C2CC2)C(C)C(O)/C(C)=C\CCC2=CC(=O)C=C(NC(=O)C1)C2=O. The summed E-state index contributed by atoms with van der Waals surface area (Å²) in [7, 11) is 1.47. The van der Waals surface area contributed by atoms with Crippen LogP contribution in [0.3, 0.4) is 0 Å². The number of nitrogens with one attached hydrogen (secondary N) is 2. The van der Waals surface area contributed by atoms with Crippen LogP contribution in [0.4, 0.5) is 0 Å². The zero-order valence-corrected chi connectivity index (χ0v) is 25.2. The summed E-state index contributed by atoms with van der Waals surface area (Å²) in [6.07, 6.45) is 14.9. The Labute approximate surface area is 252 Å². The second kappa shape index (κ2) is 16.1. The molecule has 3 rings (SSSR count). The lowest BCUT2D eigenvalue weighted by molar-refractivity contribution is -0.156. The first-order valence-electron chi connectivity index (χ1n) is 14.7. The molecule has 1 fully saturated rings. The van der Waals surface area contributed by atoms with E-state index in [2.05, 4.69) is 10.6 Å². The summed E-state index contributed by atoms with van der Waals surface area (Å²) in [5.41, 5.74) is 0.796. The number of Topliss-reactive ketones (excluding diaryl/α,β-unsaturated/α-hetero) is 1. The molecule has 0 radical (unpaired) electrons. The van der Waals surface area contributed by atoms with E-state index < -0.39 is 53.7 Å². The van der Waals surface area contributed by atoms with Crippen LogP contribution in [0.25, 0.3) is 0 Å². The van der Waals surface area contributed by atoms with Crippen LogP contribution in [0, 0.1) is 11.8 Å². The highest BCUT2D eigenvalue weighted by Gasteiger charge is 2.33. The molecule has 1 aliphatic heterocycles. The first-order chi connectivity index (χ1) is 20.5. The number of aliphatic hydroxyl groups is 1. The first-order valence-corrected chi connectivity index (χ1v) is 14.7. The molecular formula is C33H42N2O8. The van der Waals surface area contributed by atoms with Crippen molar-refractivity contribution in [3.05, 3.63) is 71.5 Å². The topological polar surface area (TPSA) is 148 Å². The number of rotatable bonds is 5. The molecule has 0 aromatic carbocycles. The van der Waals surface area contributed by atoms with Gasteiger partial charge in [-0.1, -0.05) is 49.5 Å². The number of esters is 1. The highest BCUT2D eigenvalue weighted by atomic mass is 16.5. The minimum Gasteiger partial charge on any atom is -0.460 e. The van der Waals surface area contributed by atoms with Gasteiger partial charge in [-0.15, -0.1) is 0 Å². The van der Waals surface area contributed by atoms with Gasteiger partial charge in [0.1, 0.15) is 12.1 Å². The maximum Gasteiger partial charge on any atom is 0.328 e. The predicted octanol–water partition coefficient (Wildman–Crippen LogP) is 3.09. The molecular weight excluding hydrogens is 552 g/mol. The van der Waals surface area contributed by atoms with Crippen molar-refractivity contribution < 1.29 is 38.6 Å². The molecule has 0 spiro atoms. The number of carbonyl (C=O) groups excluding carboxylic acids is 5. The Hall–Kier alpha value is -3.89. The summed E-state index contributed by atoms with van der Waals surface area (Å²) >= 11 is 0. The number of allylic oxidation sites excluding steroid dienone is 8. The molecule has 0 aromatic rings. The molecule has 0 saturated heterocycles. The van der Waals surface area contributed by atoms with E-state index in [0.717, 1.165) is 18.9 Å². The number of aliphatic hydroxyl groups excluding tert-OH is 1. The second-order valence-electron chi connectivity index (χ2n) is 11.2. The summed E-state index contributed by atoms with van der Waals surface area (Å²) in [5, 5.41) is 16.4. The molecule has 1 heterocycles. The van der Waals surface area contributed by atoms with Crippen LogP contribution in [-0.4, -0.2) is 65.9 Å². The predicted molar refractivity (Wildman–Crippen MR) is 160 cm³/mol. The quantitative estimate of drug-likeness (QED) is 0.250. The van der Waals surface area contributed by atoms with E-state index in [4.69, 9.17) is 9.47 Å². The molecule has 0 aromatic heterocycles. The molecule has 2 aliphatic carbocycles. The van der Waals surface area contributed by atoms with Crippen molar-refractivity contribution in [2.75, 3.05) is 7.11 Å². The van der Waals surface area contributed by atoms with E-state index in [0.29, 0.717) is 18.4 Å². The van der Waals surface area contributed by atoms with E-state index >= 15 is 0 Å². The fourth-order valence-electron chi connectivity index (χ4n) is 4.71. The highest BCUT2D eigenvalue weighted by molar-refractivity contribution is 6.21. The van der Waals surface area contributed by atoms with Crippen LogP contribution in [0.1, 0.15) is 59.3 Å². The third-order valence-corrected chi connectivity index (χ3v) is 7.63. The number of ketones is 2. The van der Waals surface area contributed by atoms with Gasteiger partial charge in [0.2, 0.25) is 17.6 Å². The molecule has 2 bridgehead atoms. The Morgan fingerprint density at radius 3 is 2.51 bits per heavy atom. The highest BCUT2D eigenvalue weighted by Crippen LogP contribution is 2.29. The monoisotopic (exact) mass is 594 g/mol.